The van der Waals surface area contributed by atoms with Gasteiger partial charge in [-0.05, 0) is 18.1 Å². The Kier molecular flexibility index (Phi) is 7.15. The Labute approximate surface area is 138 Å². The fraction of sp³-hybridized carbons (Fsp3) is 0.357. The number of methoxy groups -OCH3 is 1. The summed E-state index contributed by atoms with van der Waals surface area (Å²) < 4.78 is 10.9. The molecule has 0 saturated heterocycles. The van der Waals surface area contributed by atoms with Gasteiger partial charge in [-0.15, -0.1) is 0 Å². The maximum Gasteiger partial charge on any atom is 0.146 e. The quantitative estimate of drug-likeness (QED) is 0.451. The summed E-state index contributed by atoms with van der Waals surface area (Å²) in [5, 5.41) is 12.9. The van der Waals surface area contributed by atoms with Crippen LogP contribution in [0.15, 0.2) is 27.9 Å². The predicted octanol–water partition coefficient (Wildman–Crippen LogP) is 4.88. The summed E-state index contributed by atoms with van der Waals surface area (Å²) in [7, 11) is 1.50. The standard InChI is InChI=1S/C14H16Cl3NO3/c1-8(2)13(18-19)10-6-9(21-5-4-12(16)17)7-11(15)14(10)20-3/h4,6-8,19H,5H2,1-3H3/b18-13+. The second-order valence-corrected chi connectivity index (χ2v) is 5.85. The number of benzene rings is 1. The lowest BCUT2D eigenvalue weighted by atomic mass is 9.99. The van der Waals surface area contributed by atoms with Crippen molar-refractivity contribution in [1.29, 1.82) is 0 Å². The zero-order chi connectivity index (χ0) is 16.0. The Morgan fingerprint density at radius 3 is 2.52 bits per heavy atom. The van der Waals surface area contributed by atoms with Crippen LogP contribution in [0.5, 0.6) is 11.5 Å². The summed E-state index contributed by atoms with van der Waals surface area (Å²) in [6.07, 6.45) is 1.50. The van der Waals surface area contributed by atoms with Gasteiger partial charge in [0.05, 0.1) is 17.8 Å². The fourth-order valence-corrected chi connectivity index (χ4v) is 2.14. The molecule has 0 fully saturated rings. The van der Waals surface area contributed by atoms with Gasteiger partial charge in [0.15, 0.2) is 0 Å². The van der Waals surface area contributed by atoms with Gasteiger partial charge in [0.2, 0.25) is 0 Å². The van der Waals surface area contributed by atoms with E-state index in [4.69, 9.17) is 44.3 Å². The van der Waals surface area contributed by atoms with Crippen LogP contribution in [0, 0.1) is 5.92 Å². The van der Waals surface area contributed by atoms with Gasteiger partial charge in [-0.2, -0.15) is 0 Å². The Morgan fingerprint density at radius 2 is 2.05 bits per heavy atom. The Bertz CT molecular complexity index is 553. The molecule has 0 aromatic heterocycles. The first kappa shape index (κ1) is 18.0. The minimum absolute atomic E-state index is 0.0209. The van der Waals surface area contributed by atoms with E-state index in [9.17, 15) is 5.21 Å². The maximum atomic E-state index is 9.20. The van der Waals surface area contributed by atoms with Gasteiger partial charge in [0, 0.05) is 11.6 Å². The third-order valence-electron chi connectivity index (χ3n) is 2.64. The van der Waals surface area contributed by atoms with E-state index in [0.29, 0.717) is 27.8 Å². The number of rotatable bonds is 6. The van der Waals surface area contributed by atoms with Crippen molar-refractivity contribution in [2.24, 2.45) is 11.1 Å². The molecule has 21 heavy (non-hydrogen) atoms. The first-order chi connectivity index (χ1) is 9.90. The van der Waals surface area contributed by atoms with Crippen LogP contribution >= 0.6 is 34.8 Å². The molecule has 0 aliphatic carbocycles. The zero-order valence-corrected chi connectivity index (χ0v) is 14.1. The third-order valence-corrected chi connectivity index (χ3v) is 3.23. The summed E-state index contributed by atoms with van der Waals surface area (Å²) in [4.78, 5) is 0. The van der Waals surface area contributed by atoms with E-state index < -0.39 is 0 Å². The van der Waals surface area contributed by atoms with Crippen LogP contribution < -0.4 is 9.47 Å². The second kappa shape index (κ2) is 8.37. The summed E-state index contributed by atoms with van der Waals surface area (Å²) >= 11 is 17.2. The van der Waals surface area contributed by atoms with E-state index in [1.807, 2.05) is 13.8 Å². The lowest BCUT2D eigenvalue weighted by Crippen LogP contribution is -2.12. The molecule has 1 N–H and O–H groups in total. The summed E-state index contributed by atoms with van der Waals surface area (Å²) in [5.74, 6) is 0.896. The molecule has 0 saturated carbocycles. The number of ether oxygens (including phenoxy) is 2. The summed E-state index contributed by atoms with van der Waals surface area (Å²) in [6.45, 7) is 3.98. The van der Waals surface area contributed by atoms with Crippen LogP contribution in [-0.4, -0.2) is 24.6 Å². The molecule has 0 atom stereocenters. The average Bonchev–Trinajstić information content (AvgIpc) is 2.38. The van der Waals surface area contributed by atoms with Crippen LogP contribution in [-0.2, 0) is 0 Å². The Hall–Kier alpha value is -1.10. The average molecular weight is 353 g/mol. The molecule has 1 aromatic rings. The minimum atomic E-state index is -0.0209. The molecule has 0 radical (unpaired) electrons. The summed E-state index contributed by atoms with van der Waals surface area (Å²) in [5.41, 5.74) is 1.02. The number of hydrogen-bond acceptors (Lipinski definition) is 4. The van der Waals surface area contributed by atoms with Gasteiger partial charge in [0.25, 0.3) is 0 Å². The van der Waals surface area contributed by atoms with Crippen molar-refractivity contribution < 1.29 is 14.7 Å². The molecule has 1 rings (SSSR count). The highest BCUT2D eigenvalue weighted by molar-refractivity contribution is 6.55. The SMILES string of the molecule is COc1c(Cl)cc(OCC=C(Cl)Cl)cc1/C(=N/O)C(C)C. The van der Waals surface area contributed by atoms with E-state index in [1.165, 1.54) is 13.2 Å². The van der Waals surface area contributed by atoms with Crippen LogP contribution in [0.2, 0.25) is 5.02 Å². The Morgan fingerprint density at radius 1 is 1.38 bits per heavy atom. The van der Waals surface area contributed by atoms with E-state index in [-0.39, 0.29) is 17.0 Å². The number of halogens is 3. The van der Waals surface area contributed by atoms with E-state index >= 15 is 0 Å². The largest absolute Gasteiger partial charge is 0.494 e. The molecule has 1 aromatic carbocycles. The van der Waals surface area contributed by atoms with Gasteiger partial charge in [-0.1, -0.05) is 53.8 Å². The van der Waals surface area contributed by atoms with Crippen molar-refractivity contribution >= 4 is 40.5 Å². The molecular weight excluding hydrogens is 337 g/mol. The Balaban J connectivity index is 3.21. The lowest BCUT2D eigenvalue weighted by molar-refractivity contribution is 0.315. The molecule has 0 aliphatic heterocycles. The van der Waals surface area contributed by atoms with Crippen molar-refractivity contribution in [3.8, 4) is 11.5 Å². The topological polar surface area (TPSA) is 51.0 Å². The lowest BCUT2D eigenvalue weighted by Gasteiger charge is -2.16. The van der Waals surface area contributed by atoms with Crippen molar-refractivity contribution in [1.82, 2.24) is 0 Å². The first-order valence-electron chi connectivity index (χ1n) is 6.14. The molecule has 116 valence electrons. The molecule has 0 heterocycles. The van der Waals surface area contributed by atoms with E-state index in [0.717, 1.165) is 0 Å². The molecular formula is C14H16Cl3NO3. The molecule has 0 spiro atoms. The van der Waals surface area contributed by atoms with Gasteiger partial charge in [0.1, 0.15) is 22.6 Å². The van der Waals surface area contributed by atoms with Gasteiger partial charge in [-0.3, -0.25) is 0 Å². The first-order valence-corrected chi connectivity index (χ1v) is 7.27. The van der Waals surface area contributed by atoms with Crippen LogP contribution in [0.4, 0.5) is 0 Å². The van der Waals surface area contributed by atoms with Gasteiger partial charge in [-0.25, -0.2) is 0 Å². The van der Waals surface area contributed by atoms with Crippen molar-refractivity contribution in [3.63, 3.8) is 0 Å². The molecule has 0 aliphatic rings. The van der Waals surface area contributed by atoms with Gasteiger partial charge < -0.3 is 14.7 Å². The van der Waals surface area contributed by atoms with Crippen LogP contribution in [0.1, 0.15) is 19.4 Å². The summed E-state index contributed by atoms with van der Waals surface area (Å²) in [6, 6.07) is 3.30. The highest BCUT2D eigenvalue weighted by Crippen LogP contribution is 2.35. The van der Waals surface area contributed by atoms with E-state index in [2.05, 4.69) is 5.16 Å². The normalized spacial score (nSPS) is 11.5. The smallest absolute Gasteiger partial charge is 0.146 e. The van der Waals surface area contributed by atoms with Crippen LogP contribution in [0.3, 0.4) is 0 Å². The highest BCUT2D eigenvalue weighted by atomic mass is 35.5. The van der Waals surface area contributed by atoms with Crippen molar-refractivity contribution in [2.75, 3.05) is 13.7 Å². The third kappa shape index (κ3) is 4.99. The molecule has 0 amide bonds. The van der Waals surface area contributed by atoms with Crippen molar-refractivity contribution in [3.05, 3.63) is 33.3 Å². The van der Waals surface area contributed by atoms with Crippen LogP contribution in [0.25, 0.3) is 0 Å². The predicted molar refractivity (Wildman–Crippen MR) is 86.4 cm³/mol. The van der Waals surface area contributed by atoms with Gasteiger partial charge >= 0.3 is 0 Å². The number of oxime groups is 1. The van der Waals surface area contributed by atoms with Crippen molar-refractivity contribution in [2.45, 2.75) is 13.8 Å². The van der Waals surface area contributed by atoms with E-state index in [1.54, 1.807) is 12.1 Å². The fourth-order valence-electron chi connectivity index (χ4n) is 1.73. The maximum absolute atomic E-state index is 9.20. The molecule has 4 nitrogen and oxygen atoms in total. The molecule has 7 heteroatoms. The minimum Gasteiger partial charge on any atom is -0.494 e. The molecule has 0 unspecified atom stereocenters. The second-order valence-electron chi connectivity index (χ2n) is 4.43. The number of hydrogen-bond donors (Lipinski definition) is 1. The molecule has 0 bridgehead atoms. The zero-order valence-electron chi connectivity index (χ0n) is 11.9. The highest BCUT2D eigenvalue weighted by Gasteiger charge is 2.19. The monoisotopic (exact) mass is 351 g/mol. The number of nitrogens with zero attached hydrogens (tertiary/aromatic N) is 1.